The van der Waals surface area contributed by atoms with Crippen LogP contribution in [0.2, 0.25) is 0 Å². The van der Waals surface area contributed by atoms with Crippen LogP contribution in [0.3, 0.4) is 0 Å². The number of hydrogen-bond acceptors (Lipinski definition) is 5. The standard InChI is InChI=1S/C17H26N4O/c1-13-10-18-17(20-13)19-11-14-4-2-3-5-15(14)12-21-8-6-16(22)7-9-21/h2-5,13,16,22H,6-12H2,1H3,(H2,18,19,20). The van der Waals surface area contributed by atoms with Crippen LogP contribution in [0.15, 0.2) is 29.3 Å². The first kappa shape index (κ1) is 15.3. The van der Waals surface area contributed by atoms with Crippen LogP contribution >= 0.6 is 0 Å². The number of likely N-dealkylation sites (tertiary alicyclic amines) is 1. The van der Waals surface area contributed by atoms with Gasteiger partial charge in [-0.1, -0.05) is 24.3 Å². The molecule has 0 spiro atoms. The predicted molar refractivity (Wildman–Crippen MR) is 88.7 cm³/mol. The van der Waals surface area contributed by atoms with E-state index < -0.39 is 0 Å². The molecule has 3 N–H and O–H groups in total. The van der Waals surface area contributed by atoms with Gasteiger partial charge in [0, 0.05) is 32.2 Å². The first-order valence-electron chi connectivity index (χ1n) is 8.23. The fraction of sp³-hybridized carbons (Fsp3) is 0.588. The number of benzene rings is 1. The SMILES string of the molecule is CC1CN=C(NCc2ccccc2CN2CCC(O)CC2)N1. The summed E-state index contributed by atoms with van der Waals surface area (Å²) in [6, 6.07) is 9.00. The van der Waals surface area contributed by atoms with Crippen LogP contribution in [0, 0.1) is 0 Å². The number of nitrogens with zero attached hydrogens (tertiary/aromatic N) is 2. The molecule has 2 aliphatic rings. The highest BCUT2D eigenvalue weighted by Crippen LogP contribution is 2.16. The zero-order valence-electron chi connectivity index (χ0n) is 13.3. The number of nitrogens with one attached hydrogen (secondary N) is 2. The van der Waals surface area contributed by atoms with E-state index in [9.17, 15) is 5.11 Å². The van der Waals surface area contributed by atoms with Crippen LogP contribution in [-0.4, -0.2) is 47.7 Å². The minimum atomic E-state index is -0.110. The molecule has 0 aromatic heterocycles. The van der Waals surface area contributed by atoms with E-state index >= 15 is 0 Å². The lowest BCUT2D eigenvalue weighted by molar-refractivity contribution is 0.0791. The summed E-state index contributed by atoms with van der Waals surface area (Å²) in [6.45, 7) is 6.70. The maximum absolute atomic E-state index is 9.62. The van der Waals surface area contributed by atoms with Crippen molar-refractivity contribution in [3.8, 4) is 0 Å². The van der Waals surface area contributed by atoms with Gasteiger partial charge in [0.05, 0.1) is 12.6 Å². The van der Waals surface area contributed by atoms with Crippen LogP contribution in [0.4, 0.5) is 0 Å². The third kappa shape index (κ3) is 3.99. The molecular weight excluding hydrogens is 276 g/mol. The number of rotatable bonds is 4. The molecule has 120 valence electrons. The lowest BCUT2D eigenvalue weighted by atomic mass is 10.0. The van der Waals surface area contributed by atoms with E-state index in [1.165, 1.54) is 11.1 Å². The average Bonchev–Trinajstić information content (AvgIpc) is 2.94. The van der Waals surface area contributed by atoms with Gasteiger partial charge < -0.3 is 15.7 Å². The van der Waals surface area contributed by atoms with Crippen molar-refractivity contribution in [3.05, 3.63) is 35.4 Å². The molecule has 0 bridgehead atoms. The molecular formula is C17H26N4O. The number of aliphatic hydroxyl groups excluding tert-OH is 1. The van der Waals surface area contributed by atoms with Crippen molar-refractivity contribution in [2.24, 2.45) is 4.99 Å². The van der Waals surface area contributed by atoms with E-state index in [4.69, 9.17) is 0 Å². The van der Waals surface area contributed by atoms with E-state index in [1.807, 2.05) is 0 Å². The molecule has 1 unspecified atom stereocenters. The molecule has 0 amide bonds. The molecule has 5 heteroatoms. The zero-order chi connectivity index (χ0) is 15.4. The Hall–Kier alpha value is -1.59. The minimum Gasteiger partial charge on any atom is -0.393 e. The molecule has 5 nitrogen and oxygen atoms in total. The molecule has 3 rings (SSSR count). The van der Waals surface area contributed by atoms with Gasteiger partial charge in [-0.25, -0.2) is 0 Å². The van der Waals surface area contributed by atoms with E-state index in [0.717, 1.165) is 51.5 Å². The first-order valence-corrected chi connectivity index (χ1v) is 8.23. The van der Waals surface area contributed by atoms with Crippen LogP contribution in [0.1, 0.15) is 30.9 Å². The van der Waals surface area contributed by atoms with Gasteiger partial charge in [-0.3, -0.25) is 9.89 Å². The summed E-state index contributed by atoms with van der Waals surface area (Å²) in [5.74, 6) is 0.906. The van der Waals surface area contributed by atoms with Gasteiger partial charge in [-0.2, -0.15) is 0 Å². The molecule has 1 fully saturated rings. The number of hydrogen-bond donors (Lipinski definition) is 3. The summed E-state index contributed by atoms with van der Waals surface area (Å²) < 4.78 is 0. The molecule has 2 aliphatic heterocycles. The topological polar surface area (TPSA) is 59.9 Å². The smallest absolute Gasteiger partial charge is 0.191 e. The number of piperidine rings is 1. The Balaban J connectivity index is 1.58. The number of guanidine groups is 1. The average molecular weight is 302 g/mol. The second-order valence-corrected chi connectivity index (χ2v) is 6.36. The predicted octanol–water partition coefficient (Wildman–Crippen LogP) is 1.08. The van der Waals surface area contributed by atoms with Gasteiger partial charge >= 0.3 is 0 Å². The Labute approximate surface area is 132 Å². The third-order valence-corrected chi connectivity index (χ3v) is 4.42. The zero-order valence-corrected chi connectivity index (χ0v) is 13.3. The largest absolute Gasteiger partial charge is 0.393 e. The molecule has 22 heavy (non-hydrogen) atoms. The molecule has 1 aromatic rings. The van der Waals surface area contributed by atoms with Crippen LogP contribution < -0.4 is 10.6 Å². The van der Waals surface area contributed by atoms with Gasteiger partial charge in [0.2, 0.25) is 0 Å². The Kier molecular flexibility index (Phi) is 4.95. The van der Waals surface area contributed by atoms with E-state index in [2.05, 4.69) is 51.7 Å². The van der Waals surface area contributed by atoms with E-state index in [1.54, 1.807) is 0 Å². The van der Waals surface area contributed by atoms with Gasteiger partial charge in [-0.05, 0) is 30.9 Å². The number of aliphatic imine (C=N–C) groups is 1. The molecule has 0 radical (unpaired) electrons. The van der Waals surface area contributed by atoms with Crippen LogP contribution in [-0.2, 0) is 13.1 Å². The van der Waals surface area contributed by atoms with Gasteiger partial charge in [0.25, 0.3) is 0 Å². The Bertz CT molecular complexity index is 523. The second kappa shape index (κ2) is 7.11. The van der Waals surface area contributed by atoms with E-state index in [-0.39, 0.29) is 6.10 Å². The fourth-order valence-corrected chi connectivity index (χ4v) is 3.04. The van der Waals surface area contributed by atoms with Gasteiger partial charge in [0.15, 0.2) is 5.96 Å². The summed E-state index contributed by atoms with van der Waals surface area (Å²) in [4.78, 5) is 6.87. The minimum absolute atomic E-state index is 0.110. The van der Waals surface area contributed by atoms with E-state index in [0.29, 0.717) is 6.04 Å². The molecule has 1 atom stereocenters. The van der Waals surface area contributed by atoms with Crippen molar-refractivity contribution in [2.45, 2.75) is 45.0 Å². The van der Waals surface area contributed by atoms with Gasteiger partial charge in [0.1, 0.15) is 0 Å². The number of aliphatic hydroxyl groups is 1. The Morgan fingerprint density at radius 1 is 1.27 bits per heavy atom. The molecule has 0 saturated carbocycles. The monoisotopic (exact) mass is 302 g/mol. The summed E-state index contributed by atoms with van der Waals surface area (Å²) in [7, 11) is 0. The summed E-state index contributed by atoms with van der Waals surface area (Å²) in [5.41, 5.74) is 2.68. The third-order valence-electron chi connectivity index (χ3n) is 4.42. The summed E-state index contributed by atoms with van der Waals surface area (Å²) in [6.07, 6.45) is 1.67. The Morgan fingerprint density at radius 3 is 2.68 bits per heavy atom. The molecule has 0 aliphatic carbocycles. The maximum Gasteiger partial charge on any atom is 0.191 e. The second-order valence-electron chi connectivity index (χ2n) is 6.36. The van der Waals surface area contributed by atoms with Crippen molar-refractivity contribution < 1.29 is 5.11 Å². The first-order chi connectivity index (χ1) is 10.7. The lowest BCUT2D eigenvalue weighted by Gasteiger charge is -2.30. The molecule has 2 heterocycles. The van der Waals surface area contributed by atoms with Crippen molar-refractivity contribution in [1.82, 2.24) is 15.5 Å². The highest BCUT2D eigenvalue weighted by Gasteiger charge is 2.18. The highest BCUT2D eigenvalue weighted by atomic mass is 16.3. The van der Waals surface area contributed by atoms with Crippen LogP contribution in [0.25, 0.3) is 0 Å². The summed E-state index contributed by atoms with van der Waals surface area (Å²) in [5, 5.41) is 16.3. The maximum atomic E-state index is 9.62. The highest BCUT2D eigenvalue weighted by molar-refractivity contribution is 5.81. The van der Waals surface area contributed by atoms with Crippen LogP contribution in [0.5, 0.6) is 0 Å². The summed E-state index contributed by atoms with van der Waals surface area (Å²) >= 11 is 0. The normalized spacial score (nSPS) is 23.2. The van der Waals surface area contributed by atoms with Crippen molar-refractivity contribution >= 4 is 5.96 Å². The van der Waals surface area contributed by atoms with Crippen molar-refractivity contribution in [3.63, 3.8) is 0 Å². The quantitative estimate of drug-likeness (QED) is 0.779. The van der Waals surface area contributed by atoms with Crippen molar-refractivity contribution in [2.75, 3.05) is 19.6 Å². The fourth-order valence-electron chi connectivity index (χ4n) is 3.04. The molecule has 1 aromatic carbocycles. The Morgan fingerprint density at radius 2 is 2.00 bits per heavy atom. The lowest BCUT2D eigenvalue weighted by Crippen LogP contribution is -2.38. The molecule has 1 saturated heterocycles. The van der Waals surface area contributed by atoms with Gasteiger partial charge in [-0.15, -0.1) is 0 Å². The van der Waals surface area contributed by atoms with Crippen molar-refractivity contribution in [1.29, 1.82) is 0 Å².